The SMILES string of the molecule is Cl.Nc1ccccc1CCC(=O)Nc1ccccc1C(=O)N1CCCCC1. The van der Waals surface area contributed by atoms with Crippen LogP contribution in [0.15, 0.2) is 48.5 Å². The maximum Gasteiger partial charge on any atom is 0.255 e. The van der Waals surface area contributed by atoms with Crippen molar-refractivity contribution in [1.82, 2.24) is 4.90 Å². The summed E-state index contributed by atoms with van der Waals surface area (Å²) in [7, 11) is 0. The first-order valence-electron chi connectivity index (χ1n) is 9.16. The van der Waals surface area contributed by atoms with Gasteiger partial charge in [-0.15, -0.1) is 12.4 Å². The average molecular weight is 388 g/mol. The third-order valence-corrected chi connectivity index (χ3v) is 4.75. The van der Waals surface area contributed by atoms with E-state index in [1.54, 1.807) is 12.1 Å². The van der Waals surface area contributed by atoms with Gasteiger partial charge in [0.1, 0.15) is 0 Å². The van der Waals surface area contributed by atoms with Crippen LogP contribution in [-0.2, 0) is 11.2 Å². The number of aryl methyl sites for hydroxylation is 1. The quantitative estimate of drug-likeness (QED) is 0.764. The molecule has 27 heavy (non-hydrogen) atoms. The molecule has 0 aliphatic carbocycles. The fourth-order valence-corrected chi connectivity index (χ4v) is 3.27. The van der Waals surface area contributed by atoms with Crippen LogP contribution in [0.1, 0.15) is 41.6 Å². The third-order valence-electron chi connectivity index (χ3n) is 4.75. The first-order valence-corrected chi connectivity index (χ1v) is 9.16. The van der Waals surface area contributed by atoms with Gasteiger partial charge in [-0.05, 0) is 49.4 Å². The summed E-state index contributed by atoms with van der Waals surface area (Å²) >= 11 is 0. The van der Waals surface area contributed by atoms with Crippen LogP contribution in [0, 0.1) is 0 Å². The molecule has 6 heteroatoms. The molecule has 0 aromatic heterocycles. The molecular formula is C21H26ClN3O2. The van der Waals surface area contributed by atoms with Gasteiger partial charge >= 0.3 is 0 Å². The van der Waals surface area contributed by atoms with Crippen molar-refractivity contribution >= 4 is 35.6 Å². The molecule has 5 nitrogen and oxygen atoms in total. The van der Waals surface area contributed by atoms with Crippen molar-refractivity contribution in [3.63, 3.8) is 0 Å². The lowest BCUT2D eigenvalue weighted by Crippen LogP contribution is -2.36. The van der Waals surface area contributed by atoms with Gasteiger partial charge in [-0.3, -0.25) is 9.59 Å². The summed E-state index contributed by atoms with van der Waals surface area (Å²) in [5, 5.41) is 2.89. The molecule has 1 aliphatic heterocycles. The predicted molar refractivity (Wildman–Crippen MR) is 111 cm³/mol. The smallest absolute Gasteiger partial charge is 0.255 e. The van der Waals surface area contributed by atoms with Gasteiger partial charge in [0.2, 0.25) is 5.91 Å². The Morgan fingerprint density at radius 3 is 2.37 bits per heavy atom. The Bertz CT molecular complexity index is 789. The summed E-state index contributed by atoms with van der Waals surface area (Å²) in [5.74, 6) is -0.125. The summed E-state index contributed by atoms with van der Waals surface area (Å²) in [6.45, 7) is 1.57. The number of para-hydroxylation sites is 2. The maximum atomic E-state index is 12.8. The van der Waals surface area contributed by atoms with E-state index in [-0.39, 0.29) is 24.2 Å². The molecule has 2 amide bonds. The van der Waals surface area contributed by atoms with Crippen LogP contribution in [0.4, 0.5) is 11.4 Å². The first-order chi connectivity index (χ1) is 12.6. The number of benzene rings is 2. The highest BCUT2D eigenvalue weighted by Gasteiger charge is 2.21. The summed E-state index contributed by atoms with van der Waals surface area (Å²) in [6, 6.07) is 14.8. The second kappa shape index (κ2) is 9.97. The van der Waals surface area contributed by atoms with Crippen LogP contribution < -0.4 is 11.1 Å². The van der Waals surface area contributed by atoms with Crippen molar-refractivity contribution in [3.05, 3.63) is 59.7 Å². The third kappa shape index (κ3) is 5.47. The number of carbonyl (C=O) groups is 2. The van der Waals surface area contributed by atoms with Gasteiger partial charge in [-0.25, -0.2) is 0 Å². The number of hydrogen-bond donors (Lipinski definition) is 2. The molecule has 0 bridgehead atoms. The number of carbonyl (C=O) groups excluding carboxylic acids is 2. The number of halogens is 1. The van der Waals surface area contributed by atoms with Gasteiger partial charge in [0.05, 0.1) is 11.3 Å². The molecule has 144 valence electrons. The second-order valence-electron chi connectivity index (χ2n) is 6.65. The van der Waals surface area contributed by atoms with E-state index in [1.165, 1.54) is 6.42 Å². The molecule has 1 fully saturated rings. The molecule has 1 saturated heterocycles. The number of piperidine rings is 1. The Labute approximate surface area is 166 Å². The average Bonchev–Trinajstić information content (AvgIpc) is 2.68. The lowest BCUT2D eigenvalue weighted by atomic mass is 10.1. The minimum Gasteiger partial charge on any atom is -0.399 e. The van der Waals surface area contributed by atoms with E-state index in [1.807, 2.05) is 41.3 Å². The number of nitrogens with two attached hydrogens (primary N) is 1. The molecule has 3 N–H and O–H groups in total. The van der Waals surface area contributed by atoms with Crippen LogP contribution in [0.3, 0.4) is 0 Å². The van der Waals surface area contributed by atoms with E-state index in [0.717, 1.165) is 31.5 Å². The van der Waals surface area contributed by atoms with Crippen molar-refractivity contribution in [2.45, 2.75) is 32.1 Å². The van der Waals surface area contributed by atoms with Crippen molar-refractivity contribution in [2.75, 3.05) is 24.1 Å². The Morgan fingerprint density at radius 1 is 0.963 bits per heavy atom. The molecule has 0 radical (unpaired) electrons. The van der Waals surface area contributed by atoms with E-state index in [0.29, 0.717) is 29.8 Å². The number of nitrogens with one attached hydrogen (secondary N) is 1. The van der Waals surface area contributed by atoms with Crippen LogP contribution in [0.25, 0.3) is 0 Å². The molecule has 3 rings (SSSR count). The van der Waals surface area contributed by atoms with Crippen molar-refractivity contribution < 1.29 is 9.59 Å². The number of nitrogen functional groups attached to an aromatic ring is 1. The Kier molecular flexibility index (Phi) is 7.67. The topological polar surface area (TPSA) is 75.4 Å². The summed E-state index contributed by atoms with van der Waals surface area (Å²) in [4.78, 5) is 27.0. The molecule has 0 saturated carbocycles. The Balaban J connectivity index is 0.00000261. The maximum absolute atomic E-state index is 12.8. The number of amides is 2. The normalized spacial score (nSPS) is 13.6. The Hall–Kier alpha value is -2.53. The summed E-state index contributed by atoms with van der Waals surface area (Å²) in [6.07, 6.45) is 4.14. The van der Waals surface area contributed by atoms with Crippen molar-refractivity contribution in [2.24, 2.45) is 0 Å². The highest BCUT2D eigenvalue weighted by Crippen LogP contribution is 2.21. The van der Waals surface area contributed by atoms with Gasteiger partial charge < -0.3 is 16.0 Å². The lowest BCUT2D eigenvalue weighted by Gasteiger charge is -2.27. The van der Waals surface area contributed by atoms with Crippen molar-refractivity contribution in [3.8, 4) is 0 Å². The van der Waals surface area contributed by atoms with Gasteiger partial charge in [0, 0.05) is 25.2 Å². The minimum atomic E-state index is -0.118. The zero-order chi connectivity index (χ0) is 18.4. The number of nitrogens with zero attached hydrogens (tertiary/aromatic N) is 1. The molecule has 0 atom stereocenters. The standard InChI is InChI=1S/C21H25N3O2.ClH/c22-18-10-4-2-8-16(18)12-13-20(25)23-19-11-5-3-9-17(19)21(26)24-14-6-1-7-15-24;/h2-5,8-11H,1,6-7,12-15,22H2,(H,23,25);1H. The molecule has 2 aromatic carbocycles. The number of hydrogen-bond acceptors (Lipinski definition) is 3. The van der Waals surface area contributed by atoms with Gasteiger partial charge in [-0.1, -0.05) is 30.3 Å². The highest BCUT2D eigenvalue weighted by atomic mass is 35.5. The fraction of sp³-hybridized carbons (Fsp3) is 0.333. The summed E-state index contributed by atoms with van der Waals surface area (Å²) < 4.78 is 0. The minimum absolute atomic E-state index is 0. The number of anilines is 2. The zero-order valence-electron chi connectivity index (χ0n) is 15.3. The van der Waals surface area contributed by atoms with Gasteiger partial charge in [0.15, 0.2) is 0 Å². The predicted octanol–water partition coefficient (Wildman–Crippen LogP) is 3.89. The Morgan fingerprint density at radius 2 is 1.63 bits per heavy atom. The van der Waals surface area contributed by atoms with E-state index in [2.05, 4.69) is 5.32 Å². The number of rotatable bonds is 5. The van der Waals surface area contributed by atoms with Gasteiger partial charge in [-0.2, -0.15) is 0 Å². The van der Waals surface area contributed by atoms with E-state index < -0.39 is 0 Å². The molecule has 0 spiro atoms. The van der Waals surface area contributed by atoms with E-state index in [9.17, 15) is 9.59 Å². The molecule has 0 unspecified atom stereocenters. The second-order valence-corrected chi connectivity index (χ2v) is 6.65. The lowest BCUT2D eigenvalue weighted by molar-refractivity contribution is -0.116. The number of likely N-dealkylation sites (tertiary alicyclic amines) is 1. The molecule has 2 aromatic rings. The molecule has 1 aliphatic rings. The zero-order valence-corrected chi connectivity index (χ0v) is 16.1. The summed E-state index contributed by atoms with van der Waals surface area (Å²) in [5.41, 5.74) is 8.71. The van der Waals surface area contributed by atoms with Crippen LogP contribution in [0.5, 0.6) is 0 Å². The first kappa shape index (κ1) is 20.8. The molecular weight excluding hydrogens is 362 g/mol. The molecule has 1 heterocycles. The highest BCUT2D eigenvalue weighted by molar-refractivity contribution is 6.03. The van der Waals surface area contributed by atoms with Crippen LogP contribution in [-0.4, -0.2) is 29.8 Å². The van der Waals surface area contributed by atoms with E-state index >= 15 is 0 Å². The van der Waals surface area contributed by atoms with Crippen LogP contribution in [0.2, 0.25) is 0 Å². The van der Waals surface area contributed by atoms with E-state index in [4.69, 9.17) is 5.73 Å². The fourth-order valence-electron chi connectivity index (χ4n) is 3.27. The monoisotopic (exact) mass is 387 g/mol. The van der Waals surface area contributed by atoms with Gasteiger partial charge in [0.25, 0.3) is 5.91 Å². The largest absolute Gasteiger partial charge is 0.399 e. The van der Waals surface area contributed by atoms with Crippen LogP contribution >= 0.6 is 12.4 Å². The van der Waals surface area contributed by atoms with Crippen molar-refractivity contribution in [1.29, 1.82) is 0 Å².